The average Bonchev–Trinajstić information content (AvgIpc) is 3.31. The fourth-order valence-electron chi connectivity index (χ4n) is 11.2. The lowest BCUT2D eigenvalue weighted by molar-refractivity contribution is 0.598. The number of unbranched alkanes of at least 4 members (excludes halogenated alkanes) is 15. The molecule has 0 aliphatic carbocycles. The molecule has 6 aromatic rings. The van der Waals surface area contributed by atoms with E-state index in [0.717, 1.165) is 25.2 Å². The molecule has 3 aliphatic heterocycles. The van der Waals surface area contributed by atoms with Gasteiger partial charge in [0.2, 0.25) is 0 Å². The van der Waals surface area contributed by atoms with Gasteiger partial charge in [-0.3, -0.25) is 0 Å². The van der Waals surface area contributed by atoms with E-state index in [0.29, 0.717) is 0 Å². The molecule has 0 saturated carbocycles. The Morgan fingerprint density at radius 2 is 0.694 bits per heavy atom. The topological polar surface area (TPSA) is 9.72 Å². The monoisotopic (exact) mass is 820 g/mol. The summed E-state index contributed by atoms with van der Waals surface area (Å²) in [5.74, 6) is 8.42. The molecule has 0 N–H and O–H groups in total. The second-order valence-corrected chi connectivity index (χ2v) is 18.5. The summed E-state index contributed by atoms with van der Waals surface area (Å²) in [7, 11) is 0. The molecule has 3 heterocycles. The van der Waals surface area contributed by atoms with Crippen LogP contribution in [0.3, 0.4) is 0 Å². The van der Waals surface area contributed by atoms with E-state index in [4.69, 9.17) is 0 Å². The number of rotatable bonds is 21. The minimum atomic E-state index is -0.644. The molecular formula is C59H69N3. The molecule has 0 spiro atoms. The van der Waals surface area contributed by atoms with Crippen molar-refractivity contribution in [3.8, 4) is 11.8 Å². The van der Waals surface area contributed by atoms with Crippen LogP contribution in [0.25, 0.3) is 21.5 Å². The minimum absolute atomic E-state index is 0.644. The summed E-state index contributed by atoms with van der Waals surface area (Å²) in [4.78, 5) is 8.15. The Balaban J connectivity index is 1.27. The fraction of sp³-hybridized carbons (Fsp3) is 0.424. The molecule has 0 fully saturated rings. The molecule has 62 heavy (non-hydrogen) atoms. The third-order valence-corrected chi connectivity index (χ3v) is 14.3. The van der Waals surface area contributed by atoms with Crippen molar-refractivity contribution in [1.82, 2.24) is 0 Å². The standard InChI is InChI=1S/C59H69N3/c1-4-7-10-13-16-23-41-60-50-33-26-35-52-56(50)59(40-39-49-47-31-21-19-29-45(47)44-46-30-20-22-32-48(46)49)57-51(60)34-27-36-53(57)62(43-25-18-15-12-9-6-3)55-38-28-37-54(58(55)59)61(52)42-24-17-14-11-8-5-2/h19-22,26-38,44H,4-18,23-25,41-43H2,1-3H3. The molecule has 9 rings (SSSR count). The van der Waals surface area contributed by atoms with Gasteiger partial charge in [-0.25, -0.2) is 0 Å². The zero-order valence-electron chi connectivity index (χ0n) is 38.1. The molecule has 0 radical (unpaired) electrons. The van der Waals surface area contributed by atoms with Crippen molar-refractivity contribution < 1.29 is 0 Å². The van der Waals surface area contributed by atoms with Gasteiger partial charge in [0.15, 0.2) is 0 Å². The van der Waals surface area contributed by atoms with Crippen LogP contribution in [-0.4, -0.2) is 19.6 Å². The Bertz CT molecular complexity index is 2260. The van der Waals surface area contributed by atoms with Gasteiger partial charge < -0.3 is 14.7 Å². The smallest absolute Gasteiger partial charge is 0.119 e. The van der Waals surface area contributed by atoms with Crippen LogP contribution in [0.1, 0.15) is 159 Å². The van der Waals surface area contributed by atoms with Crippen molar-refractivity contribution in [3.63, 3.8) is 0 Å². The first-order chi connectivity index (χ1) is 30.7. The van der Waals surface area contributed by atoms with E-state index in [9.17, 15) is 0 Å². The lowest BCUT2D eigenvalue weighted by Gasteiger charge is -2.54. The van der Waals surface area contributed by atoms with Crippen molar-refractivity contribution in [2.45, 2.75) is 142 Å². The lowest BCUT2D eigenvalue weighted by atomic mass is 9.61. The van der Waals surface area contributed by atoms with E-state index in [2.05, 4.69) is 157 Å². The van der Waals surface area contributed by atoms with Crippen LogP contribution in [-0.2, 0) is 5.41 Å². The summed E-state index contributed by atoms with van der Waals surface area (Å²) in [5.41, 5.74) is 12.7. The minimum Gasteiger partial charge on any atom is -0.341 e. The van der Waals surface area contributed by atoms with Crippen LogP contribution in [0, 0.1) is 11.8 Å². The molecule has 0 atom stereocenters. The molecule has 0 aromatic heterocycles. The zero-order chi connectivity index (χ0) is 42.3. The van der Waals surface area contributed by atoms with Gasteiger partial charge in [0.25, 0.3) is 0 Å². The maximum atomic E-state index is 4.33. The maximum Gasteiger partial charge on any atom is 0.119 e. The summed E-state index contributed by atoms with van der Waals surface area (Å²) in [6.45, 7) is 9.99. The molecule has 0 bridgehead atoms. The van der Waals surface area contributed by atoms with Gasteiger partial charge in [-0.15, -0.1) is 0 Å². The predicted molar refractivity (Wildman–Crippen MR) is 269 cm³/mol. The van der Waals surface area contributed by atoms with Crippen LogP contribution in [0.5, 0.6) is 0 Å². The quantitative estimate of drug-likeness (QED) is 0.0407. The van der Waals surface area contributed by atoms with Crippen LogP contribution in [0.15, 0.2) is 109 Å². The van der Waals surface area contributed by atoms with Gasteiger partial charge in [-0.1, -0.05) is 196 Å². The third kappa shape index (κ3) is 7.78. The predicted octanol–water partition coefficient (Wildman–Crippen LogP) is 16.8. The van der Waals surface area contributed by atoms with E-state index in [-0.39, 0.29) is 0 Å². The Kier molecular flexibility index (Phi) is 13.2. The van der Waals surface area contributed by atoms with Crippen LogP contribution >= 0.6 is 0 Å². The summed E-state index contributed by atoms with van der Waals surface area (Å²) in [5, 5.41) is 4.95. The summed E-state index contributed by atoms with van der Waals surface area (Å²) >= 11 is 0. The molecule has 0 saturated heterocycles. The number of benzene rings is 6. The Morgan fingerprint density at radius 1 is 0.371 bits per heavy atom. The molecule has 3 aliphatic rings. The lowest BCUT2D eigenvalue weighted by Crippen LogP contribution is -2.47. The molecular weight excluding hydrogens is 751 g/mol. The zero-order valence-corrected chi connectivity index (χ0v) is 38.1. The highest BCUT2D eigenvalue weighted by atomic mass is 15.2. The van der Waals surface area contributed by atoms with Crippen molar-refractivity contribution >= 4 is 55.7 Å². The average molecular weight is 820 g/mol. The van der Waals surface area contributed by atoms with E-state index >= 15 is 0 Å². The normalized spacial score (nSPS) is 14.0. The molecule has 0 amide bonds. The summed E-state index contributed by atoms with van der Waals surface area (Å²) < 4.78 is 0. The van der Waals surface area contributed by atoms with Gasteiger partial charge >= 0.3 is 0 Å². The summed E-state index contributed by atoms with van der Waals surface area (Å²) in [6.07, 6.45) is 23.1. The van der Waals surface area contributed by atoms with Crippen molar-refractivity contribution in [2.24, 2.45) is 0 Å². The first kappa shape index (κ1) is 42.1. The van der Waals surface area contributed by atoms with E-state index in [1.165, 1.54) is 188 Å². The van der Waals surface area contributed by atoms with Gasteiger partial charge in [0.05, 0.1) is 0 Å². The van der Waals surface area contributed by atoms with E-state index < -0.39 is 5.41 Å². The van der Waals surface area contributed by atoms with Gasteiger partial charge in [0, 0.05) is 76.0 Å². The van der Waals surface area contributed by atoms with Crippen LogP contribution in [0.2, 0.25) is 0 Å². The Hall–Kier alpha value is -5.20. The van der Waals surface area contributed by atoms with Crippen LogP contribution < -0.4 is 14.7 Å². The molecule has 320 valence electrons. The van der Waals surface area contributed by atoms with Gasteiger partial charge in [-0.05, 0) is 83.3 Å². The van der Waals surface area contributed by atoms with E-state index in [1.807, 2.05) is 0 Å². The second-order valence-electron chi connectivity index (χ2n) is 18.5. The number of hydrogen-bond acceptors (Lipinski definition) is 3. The van der Waals surface area contributed by atoms with Crippen molar-refractivity contribution in [3.05, 3.63) is 131 Å². The first-order valence-corrected chi connectivity index (χ1v) is 24.9. The highest BCUT2D eigenvalue weighted by molar-refractivity contribution is 6.06. The van der Waals surface area contributed by atoms with Gasteiger partial charge in [-0.2, -0.15) is 0 Å². The molecule has 0 unspecified atom stereocenters. The van der Waals surface area contributed by atoms with Crippen molar-refractivity contribution in [2.75, 3.05) is 34.3 Å². The summed E-state index contributed by atoms with van der Waals surface area (Å²) in [6, 6.07) is 41.7. The number of anilines is 6. The fourth-order valence-corrected chi connectivity index (χ4v) is 11.2. The Labute approximate surface area is 373 Å². The van der Waals surface area contributed by atoms with Gasteiger partial charge in [0.1, 0.15) is 5.41 Å². The van der Waals surface area contributed by atoms with Crippen molar-refractivity contribution in [1.29, 1.82) is 0 Å². The largest absolute Gasteiger partial charge is 0.341 e. The van der Waals surface area contributed by atoms with Crippen LogP contribution in [0.4, 0.5) is 34.1 Å². The number of nitrogens with zero attached hydrogens (tertiary/aromatic N) is 3. The first-order valence-electron chi connectivity index (χ1n) is 24.9. The highest BCUT2D eigenvalue weighted by Gasteiger charge is 2.55. The Morgan fingerprint density at radius 3 is 1.05 bits per heavy atom. The third-order valence-electron chi connectivity index (χ3n) is 14.3. The SMILES string of the molecule is CCCCCCCCN1c2cccc3c2C2(C#Cc4c5ccccc5cc5ccccc45)c4c1cccc4N(CCCCCCCC)c1cccc(c12)N3CCCCCCCC. The second kappa shape index (κ2) is 19.5. The number of fused-ring (bicyclic) bond motifs is 2. The maximum absolute atomic E-state index is 4.33. The molecule has 3 heteroatoms. The highest BCUT2D eigenvalue weighted by Crippen LogP contribution is 2.66. The molecule has 6 aromatic carbocycles. The van der Waals surface area contributed by atoms with E-state index in [1.54, 1.807) is 0 Å². The number of hydrogen-bond donors (Lipinski definition) is 0. The molecule has 3 nitrogen and oxygen atoms in total.